The lowest BCUT2D eigenvalue weighted by Gasteiger charge is -2.14. The molecule has 0 spiro atoms. The van der Waals surface area contributed by atoms with E-state index in [4.69, 9.17) is 16.6 Å². The SMILES string of the molecule is O=c1cc(CNS(=O)(=O)c2ccc(F)cc2)[nH]c2nc(-c3ccccc3)c(-c3cc(Cl)c4ncccc4c3)cc12. The van der Waals surface area contributed by atoms with E-state index in [-0.39, 0.29) is 16.9 Å². The van der Waals surface area contributed by atoms with Gasteiger partial charge in [-0.1, -0.05) is 48.0 Å². The number of H-pyrrole nitrogens is 1. The smallest absolute Gasteiger partial charge is 0.240 e. The Balaban J connectivity index is 1.46. The van der Waals surface area contributed by atoms with Gasteiger partial charge in [-0.3, -0.25) is 9.78 Å². The Bertz CT molecular complexity index is 2070. The van der Waals surface area contributed by atoms with Gasteiger partial charge in [-0.25, -0.2) is 22.5 Å². The predicted octanol–water partition coefficient (Wildman–Crippen LogP) is 6.08. The van der Waals surface area contributed by atoms with Crippen LogP contribution in [0.25, 0.3) is 44.3 Å². The summed E-state index contributed by atoms with van der Waals surface area (Å²) in [5, 5.41) is 1.66. The van der Waals surface area contributed by atoms with Gasteiger partial charge in [-0.15, -0.1) is 0 Å². The number of pyridine rings is 3. The number of rotatable bonds is 6. The van der Waals surface area contributed by atoms with E-state index in [9.17, 15) is 17.6 Å². The number of benzene rings is 3. The average Bonchev–Trinajstić information content (AvgIpc) is 2.96. The second-order valence-electron chi connectivity index (χ2n) is 9.12. The van der Waals surface area contributed by atoms with Crippen molar-refractivity contribution in [3.63, 3.8) is 0 Å². The fourth-order valence-electron chi connectivity index (χ4n) is 4.53. The van der Waals surface area contributed by atoms with Crippen LogP contribution in [0.4, 0.5) is 4.39 Å². The summed E-state index contributed by atoms with van der Waals surface area (Å²) in [5.41, 5.74) is 3.90. The van der Waals surface area contributed by atoms with Gasteiger partial charge in [0.25, 0.3) is 0 Å². The molecule has 3 aromatic carbocycles. The van der Waals surface area contributed by atoms with Crippen molar-refractivity contribution in [3.05, 3.63) is 124 Å². The second-order valence-corrected chi connectivity index (χ2v) is 11.3. The molecule has 0 aliphatic heterocycles. The Labute approximate surface area is 233 Å². The molecule has 198 valence electrons. The number of fused-ring (bicyclic) bond motifs is 2. The van der Waals surface area contributed by atoms with Crippen LogP contribution in [0.2, 0.25) is 5.02 Å². The molecule has 0 saturated carbocycles. The van der Waals surface area contributed by atoms with E-state index in [0.29, 0.717) is 38.5 Å². The first kappa shape index (κ1) is 25.8. The van der Waals surface area contributed by atoms with Crippen molar-refractivity contribution in [1.82, 2.24) is 19.7 Å². The van der Waals surface area contributed by atoms with E-state index >= 15 is 0 Å². The van der Waals surface area contributed by atoms with Crippen LogP contribution in [0.3, 0.4) is 0 Å². The highest BCUT2D eigenvalue weighted by Gasteiger charge is 2.17. The first-order chi connectivity index (χ1) is 19.3. The summed E-state index contributed by atoms with van der Waals surface area (Å²) in [6, 6.07) is 24.6. The van der Waals surface area contributed by atoms with Crippen molar-refractivity contribution in [2.45, 2.75) is 11.4 Å². The molecule has 7 nitrogen and oxygen atoms in total. The third kappa shape index (κ3) is 4.98. The maximum atomic E-state index is 13.2. The molecule has 0 aliphatic rings. The molecule has 0 saturated heterocycles. The number of sulfonamides is 1. The number of aromatic nitrogens is 3. The van der Waals surface area contributed by atoms with Crippen LogP contribution < -0.4 is 10.2 Å². The zero-order valence-corrected chi connectivity index (χ0v) is 22.3. The van der Waals surface area contributed by atoms with Crippen LogP contribution in [-0.2, 0) is 16.6 Å². The van der Waals surface area contributed by atoms with Crippen LogP contribution >= 0.6 is 11.6 Å². The van der Waals surface area contributed by atoms with E-state index in [1.807, 2.05) is 48.5 Å². The van der Waals surface area contributed by atoms with Gasteiger partial charge in [0, 0.05) is 34.5 Å². The van der Waals surface area contributed by atoms with E-state index in [0.717, 1.165) is 28.6 Å². The number of nitrogens with one attached hydrogen (secondary N) is 2. The maximum Gasteiger partial charge on any atom is 0.240 e. The van der Waals surface area contributed by atoms with E-state index in [1.54, 1.807) is 18.3 Å². The lowest BCUT2D eigenvalue weighted by molar-refractivity contribution is 0.579. The second kappa shape index (κ2) is 10.3. The van der Waals surface area contributed by atoms with Crippen molar-refractivity contribution >= 4 is 43.6 Å². The highest BCUT2D eigenvalue weighted by Crippen LogP contribution is 2.36. The summed E-state index contributed by atoms with van der Waals surface area (Å²) >= 11 is 6.58. The Morgan fingerprint density at radius 1 is 0.900 bits per heavy atom. The molecule has 2 N–H and O–H groups in total. The monoisotopic (exact) mass is 570 g/mol. The molecule has 0 fully saturated rings. The van der Waals surface area contributed by atoms with E-state index < -0.39 is 15.8 Å². The molecule has 0 aliphatic carbocycles. The summed E-state index contributed by atoms with van der Waals surface area (Å²) < 4.78 is 41.0. The fourth-order valence-corrected chi connectivity index (χ4v) is 5.81. The first-order valence-corrected chi connectivity index (χ1v) is 14.1. The van der Waals surface area contributed by atoms with Gasteiger partial charge >= 0.3 is 0 Å². The number of nitrogens with zero attached hydrogens (tertiary/aromatic N) is 2. The molecular formula is C30H20ClFN4O3S. The molecule has 10 heteroatoms. The van der Waals surface area contributed by atoms with Crippen molar-refractivity contribution in [3.8, 4) is 22.4 Å². The summed E-state index contributed by atoms with van der Waals surface area (Å²) in [4.78, 5) is 25.4. The summed E-state index contributed by atoms with van der Waals surface area (Å²) in [6.45, 7) is -0.192. The average molecular weight is 571 g/mol. The zero-order chi connectivity index (χ0) is 27.9. The largest absolute Gasteiger partial charge is 0.342 e. The first-order valence-electron chi connectivity index (χ1n) is 12.2. The van der Waals surface area contributed by atoms with E-state index in [2.05, 4.69) is 14.7 Å². The Hall–Kier alpha value is -4.44. The Morgan fingerprint density at radius 2 is 1.68 bits per heavy atom. The number of halogens is 2. The van der Waals surface area contributed by atoms with Crippen LogP contribution in [0.1, 0.15) is 5.69 Å². The van der Waals surface area contributed by atoms with Crippen LogP contribution in [0, 0.1) is 5.82 Å². The number of hydrogen-bond donors (Lipinski definition) is 2. The van der Waals surface area contributed by atoms with Crippen molar-refractivity contribution in [2.75, 3.05) is 0 Å². The molecule has 40 heavy (non-hydrogen) atoms. The highest BCUT2D eigenvalue weighted by molar-refractivity contribution is 7.89. The summed E-state index contributed by atoms with van der Waals surface area (Å²) in [5.74, 6) is -0.542. The van der Waals surface area contributed by atoms with Gasteiger partial charge in [-0.2, -0.15) is 0 Å². The normalized spacial score (nSPS) is 11.8. The minimum Gasteiger partial charge on any atom is -0.342 e. The zero-order valence-electron chi connectivity index (χ0n) is 20.7. The third-order valence-electron chi connectivity index (χ3n) is 6.47. The van der Waals surface area contributed by atoms with Gasteiger partial charge < -0.3 is 4.98 Å². The van der Waals surface area contributed by atoms with Crippen molar-refractivity contribution in [1.29, 1.82) is 0 Å². The summed E-state index contributed by atoms with van der Waals surface area (Å²) in [7, 11) is -3.93. The minimum absolute atomic E-state index is 0.0876. The fraction of sp³-hybridized carbons (Fsp3) is 0.0333. The maximum absolute atomic E-state index is 13.2. The molecule has 0 amide bonds. The molecule has 3 aromatic heterocycles. The number of aromatic amines is 1. The Kier molecular flexibility index (Phi) is 6.63. The van der Waals surface area contributed by atoms with E-state index in [1.165, 1.54) is 18.2 Å². The molecule has 0 bridgehead atoms. The topological polar surface area (TPSA) is 105 Å². The molecular weight excluding hydrogens is 551 g/mol. The molecule has 3 heterocycles. The van der Waals surface area contributed by atoms with Crippen LogP contribution in [0.15, 0.2) is 107 Å². The van der Waals surface area contributed by atoms with Crippen molar-refractivity contribution in [2.24, 2.45) is 0 Å². The lowest BCUT2D eigenvalue weighted by atomic mass is 9.96. The standard InChI is InChI=1S/C30H20ClFN4O3S/c31-26-14-20(13-19-7-4-12-33-29(19)26)24-16-25-27(37)15-22(17-34-40(38,39)23-10-8-21(32)9-11-23)35-30(25)36-28(24)18-5-2-1-3-6-18/h1-16,34H,17H2,(H,35,36,37). The third-order valence-corrected chi connectivity index (χ3v) is 8.17. The highest BCUT2D eigenvalue weighted by atomic mass is 35.5. The Morgan fingerprint density at radius 3 is 2.45 bits per heavy atom. The quantitative estimate of drug-likeness (QED) is 0.253. The molecule has 6 rings (SSSR count). The predicted molar refractivity (Wildman–Crippen MR) is 154 cm³/mol. The minimum atomic E-state index is -3.93. The number of hydrogen-bond acceptors (Lipinski definition) is 5. The summed E-state index contributed by atoms with van der Waals surface area (Å²) in [6.07, 6.45) is 1.68. The molecule has 0 atom stereocenters. The van der Waals surface area contributed by atoms with Crippen LogP contribution in [0.5, 0.6) is 0 Å². The van der Waals surface area contributed by atoms with Crippen molar-refractivity contribution < 1.29 is 12.8 Å². The van der Waals surface area contributed by atoms with Crippen LogP contribution in [-0.4, -0.2) is 23.4 Å². The van der Waals surface area contributed by atoms with Gasteiger partial charge in [-0.05, 0) is 54.1 Å². The van der Waals surface area contributed by atoms with Gasteiger partial charge in [0.2, 0.25) is 10.0 Å². The molecule has 0 unspecified atom stereocenters. The molecule has 0 radical (unpaired) electrons. The van der Waals surface area contributed by atoms with Gasteiger partial charge in [0.05, 0.1) is 33.1 Å². The van der Waals surface area contributed by atoms with Gasteiger partial charge in [0.15, 0.2) is 5.43 Å². The molecule has 6 aromatic rings. The van der Waals surface area contributed by atoms with Gasteiger partial charge in [0.1, 0.15) is 11.5 Å². The lowest BCUT2D eigenvalue weighted by Crippen LogP contribution is -2.24.